The minimum absolute atomic E-state index is 0.0312. The van der Waals surface area contributed by atoms with Crippen LogP contribution in [0, 0.1) is 23.6 Å². The first-order valence-electron chi connectivity index (χ1n) is 7.90. The van der Waals surface area contributed by atoms with Crippen molar-refractivity contribution < 1.29 is 9.18 Å². The van der Waals surface area contributed by atoms with Gasteiger partial charge in [-0.1, -0.05) is 26.8 Å². The number of carbonyl (C=O) groups is 1. The number of amides is 1. The first kappa shape index (κ1) is 17.4. The number of carbonyl (C=O) groups excluding carboxylic acids is 1. The lowest BCUT2D eigenvalue weighted by atomic mass is 9.96. The fraction of sp³-hybridized carbons (Fsp3) is 0.211. The highest BCUT2D eigenvalue weighted by Crippen LogP contribution is 2.20. The van der Waals surface area contributed by atoms with Gasteiger partial charge in [0.05, 0.1) is 11.1 Å². The number of rotatable bonds is 2. The van der Waals surface area contributed by atoms with Crippen LogP contribution in [0.3, 0.4) is 0 Å². The van der Waals surface area contributed by atoms with Gasteiger partial charge in [-0.15, -0.1) is 6.42 Å². The number of halogens is 1. The SMILES string of the molecule is C#Cc1nc2[nH]c(NC(=O)C(C)(C)C)cc2c(=O)n1-c1cccc(F)c1. The number of H-pyrrole nitrogens is 1. The Morgan fingerprint density at radius 3 is 2.69 bits per heavy atom. The minimum atomic E-state index is -0.601. The van der Waals surface area contributed by atoms with Crippen LogP contribution in [-0.2, 0) is 4.79 Å². The molecule has 0 saturated heterocycles. The van der Waals surface area contributed by atoms with E-state index in [0.29, 0.717) is 5.82 Å². The lowest BCUT2D eigenvalue weighted by Crippen LogP contribution is -2.27. The molecule has 1 aromatic carbocycles. The number of aromatic nitrogens is 3. The molecule has 0 atom stereocenters. The summed E-state index contributed by atoms with van der Waals surface area (Å²) < 4.78 is 14.7. The number of fused-ring (bicyclic) bond motifs is 1. The maximum Gasteiger partial charge on any atom is 0.268 e. The second kappa shape index (κ2) is 6.15. The van der Waals surface area contributed by atoms with Gasteiger partial charge in [-0.3, -0.25) is 14.2 Å². The molecule has 3 rings (SSSR count). The van der Waals surface area contributed by atoms with E-state index in [4.69, 9.17) is 6.42 Å². The number of benzene rings is 1. The summed E-state index contributed by atoms with van der Waals surface area (Å²) in [7, 11) is 0. The van der Waals surface area contributed by atoms with Crippen molar-refractivity contribution >= 4 is 22.8 Å². The van der Waals surface area contributed by atoms with Gasteiger partial charge in [0.2, 0.25) is 5.91 Å². The molecule has 2 aromatic heterocycles. The quantitative estimate of drug-likeness (QED) is 0.696. The van der Waals surface area contributed by atoms with E-state index in [9.17, 15) is 14.0 Å². The molecule has 0 bridgehead atoms. The molecule has 7 heteroatoms. The average molecular weight is 352 g/mol. The van der Waals surface area contributed by atoms with E-state index < -0.39 is 16.8 Å². The molecular formula is C19H17FN4O2. The van der Waals surface area contributed by atoms with Crippen LogP contribution in [0.25, 0.3) is 16.7 Å². The molecule has 2 N–H and O–H groups in total. The number of nitrogens with zero attached hydrogens (tertiary/aromatic N) is 2. The number of aromatic amines is 1. The van der Waals surface area contributed by atoms with Crippen molar-refractivity contribution in [1.82, 2.24) is 14.5 Å². The molecule has 0 aliphatic carbocycles. The highest BCUT2D eigenvalue weighted by atomic mass is 19.1. The van der Waals surface area contributed by atoms with Crippen LogP contribution in [0.15, 0.2) is 35.1 Å². The molecule has 0 aliphatic rings. The van der Waals surface area contributed by atoms with Crippen LogP contribution < -0.4 is 10.9 Å². The lowest BCUT2D eigenvalue weighted by Gasteiger charge is -2.16. The topological polar surface area (TPSA) is 79.8 Å². The molecule has 2 heterocycles. The van der Waals surface area contributed by atoms with Gasteiger partial charge in [0, 0.05) is 5.41 Å². The standard InChI is InChI=1S/C19H17FN4O2/c1-5-15-23-16-13(10-14(21-16)22-18(26)19(2,3)4)17(25)24(15)12-8-6-7-11(20)9-12/h1,6-10,21H,2-4H3,(H,22,26). The van der Waals surface area contributed by atoms with Crippen LogP contribution in [0.5, 0.6) is 0 Å². The van der Waals surface area contributed by atoms with Gasteiger partial charge >= 0.3 is 0 Å². The van der Waals surface area contributed by atoms with Gasteiger partial charge in [-0.2, -0.15) is 0 Å². The summed E-state index contributed by atoms with van der Waals surface area (Å²) in [6, 6.07) is 7.00. The zero-order chi connectivity index (χ0) is 19.1. The molecule has 6 nitrogen and oxygen atoms in total. The summed E-state index contributed by atoms with van der Waals surface area (Å²) in [5.41, 5.74) is -0.532. The monoisotopic (exact) mass is 352 g/mol. The molecule has 0 saturated carbocycles. The summed E-state index contributed by atoms with van der Waals surface area (Å²) in [4.78, 5) is 32.2. The minimum Gasteiger partial charge on any atom is -0.326 e. The zero-order valence-electron chi connectivity index (χ0n) is 14.6. The van der Waals surface area contributed by atoms with Crippen LogP contribution in [0.4, 0.5) is 10.2 Å². The Morgan fingerprint density at radius 1 is 1.35 bits per heavy atom. The van der Waals surface area contributed by atoms with Crippen molar-refractivity contribution in [3.8, 4) is 18.0 Å². The summed E-state index contributed by atoms with van der Waals surface area (Å²) >= 11 is 0. The van der Waals surface area contributed by atoms with Crippen molar-refractivity contribution in [1.29, 1.82) is 0 Å². The largest absolute Gasteiger partial charge is 0.326 e. The van der Waals surface area contributed by atoms with Gasteiger partial charge in [0.1, 0.15) is 17.3 Å². The van der Waals surface area contributed by atoms with E-state index in [1.807, 2.05) is 0 Å². The molecule has 0 radical (unpaired) electrons. The van der Waals surface area contributed by atoms with Crippen molar-refractivity contribution in [2.45, 2.75) is 20.8 Å². The third-order valence-electron chi connectivity index (χ3n) is 3.78. The molecule has 26 heavy (non-hydrogen) atoms. The third kappa shape index (κ3) is 3.09. The second-order valence-corrected chi connectivity index (χ2v) is 6.85. The molecular weight excluding hydrogens is 335 g/mol. The number of hydrogen-bond donors (Lipinski definition) is 2. The molecule has 0 spiro atoms. The van der Waals surface area contributed by atoms with Crippen molar-refractivity contribution in [3.05, 3.63) is 52.3 Å². The first-order valence-corrected chi connectivity index (χ1v) is 7.90. The number of terminal acetylenes is 1. The molecule has 132 valence electrons. The number of hydrogen-bond acceptors (Lipinski definition) is 3. The van der Waals surface area contributed by atoms with Gasteiger partial charge in [-0.25, -0.2) is 9.37 Å². The summed E-state index contributed by atoms with van der Waals surface area (Å²) in [6.07, 6.45) is 5.48. The van der Waals surface area contributed by atoms with E-state index in [1.54, 1.807) is 26.8 Å². The van der Waals surface area contributed by atoms with Crippen LogP contribution in [0.2, 0.25) is 0 Å². The summed E-state index contributed by atoms with van der Waals surface area (Å²) in [5.74, 6) is 2.00. The smallest absolute Gasteiger partial charge is 0.268 e. The molecule has 0 unspecified atom stereocenters. The Morgan fingerprint density at radius 2 is 2.08 bits per heavy atom. The summed E-state index contributed by atoms with van der Waals surface area (Å²) in [6.45, 7) is 5.32. The third-order valence-corrected chi connectivity index (χ3v) is 3.78. The molecule has 0 fully saturated rings. The van der Waals surface area contributed by atoms with Crippen molar-refractivity contribution in [2.24, 2.45) is 5.41 Å². The Labute approximate surface area is 149 Å². The van der Waals surface area contributed by atoms with Gasteiger partial charge in [-0.05, 0) is 30.2 Å². The predicted octanol–water partition coefficient (Wildman–Crippen LogP) is 2.82. The Bertz CT molecular complexity index is 1110. The predicted molar refractivity (Wildman–Crippen MR) is 97.7 cm³/mol. The van der Waals surface area contributed by atoms with Gasteiger partial charge < -0.3 is 10.3 Å². The highest BCUT2D eigenvalue weighted by molar-refractivity contribution is 5.96. The fourth-order valence-electron chi connectivity index (χ4n) is 2.40. The fourth-order valence-corrected chi connectivity index (χ4v) is 2.40. The van der Waals surface area contributed by atoms with E-state index >= 15 is 0 Å². The lowest BCUT2D eigenvalue weighted by molar-refractivity contribution is -0.123. The molecule has 1 amide bonds. The number of anilines is 1. The van der Waals surface area contributed by atoms with Crippen LogP contribution in [0.1, 0.15) is 26.6 Å². The van der Waals surface area contributed by atoms with Crippen LogP contribution >= 0.6 is 0 Å². The van der Waals surface area contributed by atoms with Crippen molar-refractivity contribution in [2.75, 3.05) is 5.32 Å². The van der Waals surface area contributed by atoms with E-state index in [-0.39, 0.29) is 28.5 Å². The van der Waals surface area contributed by atoms with Gasteiger partial charge in [0.15, 0.2) is 5.82 Å². The van der Waals surface area contributed by atoms with E-state index in [0.717, 1.165) is 4.57 Å². The average Bonchev–Trinajstić information content (AvgIpc) is 2.96. The summed E-state index contributed by atoms with van der Waals surface area (Å²) in [5, 5.41) is 2.94. The Balaban J connectivity index is 2.17. The van der Waals surface area contributed by atoms with Gasteiger partial charge in [0.25, 0.3) is 5.56 Å². The maximum atomic E-state index is 13.6. The van der Waals surface area contributed by atoms with Crippen LogP contribution in [-0.4, -0.2) is 20.4 Å². The first-order chi connectivity index (χ1) is 12.2. The maximum absolute atomic E-state index is 13.6. The normalized spacial score (nSPS) is 11.3. The Kier molecular flexibility index (Phi) is 4.12. The molecule has 3 aromatic rings. The van der Waals surface area contributed by atoms with Crippen molar-refractivity contribution in [3.63, 3.8) is 0 Å². The number of nitrogens with one attached hydrogen (secondary N) is 2. The van der Waals surface area contributed by atoms with E-state index in [1.165, 1.54) is 24.3 Å². The Hall–Kier alpha value is -3.40. The second-order valence-electron chi connectivity index (χ2n) is 6.85. The van der Waals surface area contributed by atoms with E-state index in [2.05, 4.69) is 21.2 Å². The molecule has 0 aliphatic heterocycles. The zero-order valence-corrected chi connectivity index (χ0v) is 14.6. The highest BCUT2D eigenvalue weighted by Gasteiger charge is 2.22.